The maximum absolute atomic E-state index is 8.80. The molecule has 100 valence electrons. The summed E-state index contributed by atoms with van der Waals surface area (Å²) in [5, 5.41) is 9.58. The number of nitrogens with zero attached hydrogens (tertiary/aromatic N) is 1. The molecule has 0 aliphatic carbocycles. The SMILES string of the molecule is OCCCCN1CCOC(c2ccccc2Cl)C1. The van der Waals surface area contributed by atoms with Crippen LogP contribution in [0.2, 0.25) is 5.02 Å². The molecule has 1 aromatic rings. The summed E-state index contributed by atoms with van der Waals surface area (Å²) in [7, 11) is 0. The number of hydrogen-bond donors (Lipinski definition) is 1. The Balaban J connectivity index is 1.92. The van der Waals surface area contributed by atoms with E-state index in [0.29, 0.717) is 0 Å². The molecule has 0 bridgehead atoms. The molecular weight excluding hydrogens is 250 g/mol. The van der Waals surface area contributed by atoms with E-state index in [-0.39, 0.29) is 12.7 Å². The second kappa shape index (κ2) is 7.10. The molecular formula is C14H20ClNO2. The van der Waals surface area contributed by atoms with Crippen molar-refractivity contribution in [2.45, 2.75) is 18.9 Å². The molecule has 1 N–H and O–H groups in total. The van der Waals surface area contributed by atoms with Crippen LogP contribution in [-0.4, -0.2) is 42.9 Å². The van der Waals surface area contributed by atoms with Gasteiger partial charge in [-0.3, -0.25) is 4.90 Å². The van der Waals surface area contributed by atoms with Crippen molar-refractivity contribution in [3.63, 3.8) is 0 Å². The number of aliphatic hydroxyl groups is 1. The Labute approximate surface area is 113 Å². The van der Waals surface area contributed by atoms with Crippen molar-refractivity contribution < 1.29 is 9.84 Å². The van der Waals surface area contributed by atoms with Crippen molar-refractivity contribution in [1.82, 2.24) is 4.90 Å². The topological polar surface area (TPSA) is 32.7 Å². The molecule has 0 radical (unpaired) electrons. The lowest BCUT2D eigenvalue weighted by Gasteiger charge is -2.33. The first-order valence-corrected chi connectivity index (χ1v) is 6.88. The van der Waals surface area contributed by atoms with Crippen LogP contribution < -0.4 is 0 Å². The van der Waals surface area contributed by atoms with Crippen LogP contribution in [0.5, 0.6) is 0 Å². The fourth-order valence-corrected chi connectivity index (χ4v) is 2.53. The molecule has 1 fully saturated rings. The summed E-state index contributed by atoms with van der Waals surface area (Å²) < 4.78 is 5.81. The Morgan fingerprint density at radius 3 is 2.94 bits per heavy atom. The van der Waals surface area contributed by atoms with Gasteiger partial charge in [0, 0.05) is 30.3 Å². The number of halogens is 1. The number of aliphatic hydroxyl groups excluding tert-OH is 1. The van der Waals surface area contributed by atoms with Crippen molar-refractivity contribution >= 4 is 11.6 Å². The maximum atomic E-state index is 8.80. The van der Waals surface area contributed by atoms with Crippen LogP contribution in [0.15, 0.2) is 24.3 Å². The van der Waals surface area contributed by atoms with Crippen LogP contribution in [0, 0.1) is 0 Å². The van der Waals surface area contributed by atoms with Gasteiger partial charge < -0.3 is 9.84 Å². The molecule has 0 spiro atoms. The predicted molar refractivity (Wildman–Crippen MR) is 72.9 cm³/mol. The maximum Gasteiger partial charge on any atom is 0.0966 e. The highest BCUT2D eigenvalue weighted by molar-refractivity contribution is 6.31. The summed E-state index contributed by atoms with van der Waals surface area (Å²) in [6.45, 7) is 3.89. The Kier molecular flexibility index (Phi) is 5.45. The van der Waals surface area contributed by atoms with Crippen molar-refractivity contribution in [1.29, 1.82) is 0 Å². The molecule has 1 unspecified atom stereocenters. The van der Waals surface area contributed by atoms with E-state index in [9.17, 15) is 0 Å². The normalized spacial score (nSPS) is 21.1. The minimum absolute atomic E-state index is 0.0709. The van der Waals surface area contributed by atoms with Crippen LogP contribution in [0.25, 0.3) is 0 Å². The highest BCUT2D eigenvalue weighted by atomic mass is 35.5. The van der Waals surface area contributed by atoms with Gasteiger partial charge in [-0.05, 0) is 25.5 Å². The van der Waals surface area contributed by atoms with Crippen molar-refractivity contribution in [2.75, 3.05) is 32.8 Å². The highest BCUT2D eigenvalue weighted by Gasteiger charge is 2.22. The van der Waals surface area contributed by atoms with Gasteiger partial charge in [-0.2, -0.15) is 0 Å². The lowest BCUT2D eigenvalue weighted by molar-refractivity contribution is -0.0305. The average Bonchev–Trinajstić information content (AvgIpc) is 2.40. The molecule has 1 aliphatic rings. The zero-order valence-corrected chi connectivity index (χ0v) is 11.3. The van der Waals surface area contributed by atoms with Gasteiger partial charge in [-0.25, -0.2) is 0 Å². The largest absolute Gasteiger partial charge is 0.396 e. The summed E-state index contributed by atoms with van der Waals surface area (Å²) in [6, 6.07) is 7.87. The summed E-state index contributed by atoms with van der Waals surface area (Å²) in [4.78, 5) is 2.38. The number of unbranched alkanes of at least 4 members (excludes halogenated alkanes) is 1. The Morgan fingerprint density at radius 2 is 2.17 bits per heavy atom. The zero-order valence-electron chi connectivity index (χ0n) is 10.5. The molecule has 1 aromatic carbocycles. The van der Waals surface area contributed by atoms with Crippen molar-refractivity contribution in [3.8, 4) is 0 Å². The van der Waals surface area contributed by atoms with E-state index >= 15 is 0 Å². The first-order chi connectivity index (χ1) is 8.81. The van der Waals surface area contributed by atoms with E-state index in [1.165, 1.54) is 0 Å². The van der Waals surface area contributed by atoms with E-state index in [1.807, 2.05) is 24.3 Å². The molecule has 2 rings (SSSR count). The van der Waals surface area contributed by atoms with Crippen LogP contribution in [-0.2, 0) is 4.74 Å². The Bertz CT molecular complexity index is 373. The third-order valence-corrected chi connectivity index (χ3v) is 3.63. The standard InChI is InChI=1S/C14H20ClNO2/c15-13-6-2-1-5-12(13)14-11-16(8-10-18-14)7-3-4-9-17/h1-2,5-6,14,17H,3-4,7-11H2. The highest BCUT2D eigenvalue weighted by Crippen LogP contribution is 2.28. The zero-order chi connectivity index (χ0) is 12.8. The van der Waals surface area contributed by atoms with Gasteiger partial charge in [-0.1, -0.05) is 29.8 Å². The lowest BCUT2D eigenvalue weighted by atomic mass is 10.1. The number of morpholine rings is 1. The van der Waals surface area contributed by atoms with Crippen LogP contribution in [0.1, 0.15) is 24.5 Å². The van der Waals surface area contributed by atoms with Gasteiger partial charge >= 0.3 is 0 Å². The van der Waals surface area contributed by atoms with Gasteiger partial charge in [0.05, 0.1) is 12.7 Å². The van der Waals surface area contributed by atoms with Crippen molar-refractivity contribution in [2.24, 2.45) is 0 Å². The molecule has 1 atom stereocenters. The van der Waals surface area contributed by atoms with Gasteiger partial charge in [-0.15, -0.1) is 0 Å². The first-order valence-electron chi connectivity index (χ1n) is 6.50. The minimum Gasteiger partial charge on any atom is -0.396 e. The van der Waals surface area contributed by atoms with Gasteiger partial charge in [0.25, 0.3) is 0 Å². The second-order valence-electron chi connectivity index (χ2n) is 4.61. The monoisotopic (exact) mass is 269 g/mol. The molecule has 18 heavy (non-hydrogen) atoms. The molecule has 3 nitrogen and oxygen atoms in total. The van der Waals surface area contributed by atoms with Gasteiger partial charge in [0.1, 0.15) is 0 Å². The smallest absolute Gasteiger partial charge is 0.0966 e. The summed E-state index contributed by atoms with van der Waals surface area (Å²) in [5.41, 5.74) is 1.08. The third kappa shape index (κ3) is 3.69. The fourth-order valence-electron chi connectivity index (χ4n) is 2.28. The van der Waals surface area contributed by atoms with E-state index in [0.717, 1.165) is 49.7 Å². The number of rotatable bonds is 5. The predicted octanol–water partition coefficient (Wildman–Crippen LogP) is 2.49. The molecule has 1 heterocycles. The molecule has 4 heteroatoms. The second-order valence-corrected chi connectivity index (χ2v) is 5.02. The molecule has 0 amide bonds. The first kappa shape index (κ1) is 13.8. The third-order valence-electron chi connectivity index (χ3n) is 3.29. The molecule has 0 saturated carbocycles. The fraction of sp³-hybridized carbons (Fsp3) is 0.571. The number of ether oxygens (including phenoxy) is 1. The quantitative estimate of drug-likeness (QED) is 0.834. The van der Waals surface area contributed by atoms with Crippen LogP contribution in [0.3, 0.4) is 0 Å². The van der Waals surface area contributed by atoms with E-state index in [2.05, 4.69) is 4.90 Å². The average molecular weight is 270 g/mol. The molecule has 1 saturated heterocycles. The Morgan fingerprint density at radius 1 is 1.33 bits per heavy atom. The Hall–Kier alpha value is -0.610. The molecule has 1 aliphatic heterocycles. The van der Waals surface area contributed by atoms with Crippen LogP contribution in [0.4, 0.5) is 0 Å². The van der Waals surface area contributed by atoms with Gasteiger partial charge in [0.15, 0.2) is 0 Å². The lowest BCUT2D eigenvalue weighted by Crippen LogP contribution is -2.39. The summed E-state index contributed by atoms with van der Waals surface area (Å²) in [5.74, 6) is 0. The molecule has 0 aromatic heterocycles. The van der Waals surface area contributed by atoms with Crippen molar-refractivity contribution in [3.05, 3.63) is 34.9 Å². The number of benzene rings is 1. The summed E-state index contributed by atoms with van der Waals surface area (Å²) >= 11 is 6.20. The van der Waals surface area contributed by atoms with E-state index in [1.54, 1.807) is 0 Å². The number of hydrogen-bond acceptors (Lipinski definition) is 3. The van der Waals surface area contributed by atoms with E-state index in [4.69, 9.17) is 21.4 Å². The van der Waals surface area contributed by atoms with Gasteiger partial charge in [0.2, 0.25) is 0 Å². The van der Waals surface area contributed by atoms with Crippen LogP contribution >= 0.6 is 11.6 Å². The minimum atomic E-state index is 0.0709. The summed E-state index contributed by atoms with van der Waals surface area (Å²) in [6.07, 6.45) is 1.97. The van der Waals surface area contributed by atoms with E-state index < -0.39 is 0 Å².